The van der Waals surface area contributed by atoms with Crippen molar-refractivity contribution >= 4 is 29.6 Å². The molecule has 0 unspecified atom stereocenters. The average Bonchev–Trinajstić information content (AvgIpc) is 2.83. The third kappa shape index (κ3) is 2.99. The second kappa shape index (κ2) is 7.41. The number of benzene rings is 3. The third-order valence-corrected chi connectivity index (χ3v) is 5.57. The summed E-state index contributed by atoms with van der Waals surface area (Å²) in [4.78, 5) is 0. The predicted octanol–water partition coefficient (Wildman–Crippen LogP) is 7.22. The van der Waals surface area contributed by atoms with Crippen LogP contribution in [0.4, 0.5) is 5.69 Å². The van der Waals surface area contributed by atoms with Crippen LogP contribution in [0, 0.1) is 0 Å². The molecule has 0 atom stereocenters. The van der Waals surface area contributed by atoms with Gasteiger partial charge in [0, 0.05) is 23.5 Å². The van der Waals surface area contributed by atoms with Crippen LogP contribution in [0.2, 0.25) is 0 Å². The molecule has 0 aliphatic carbocycles. The van der Waals surface area contributed by atoms with Crippen molar-refractivity contribution < 1.29 is 0 Å². The van der Waals surface area contributed by atoms with Crippen LogP contribution in [0.1, 0.15) is 22.3 Å². The van der Waals surface area contributed by atoms with Gasteiger partial charge in [-0.1, -0.05) is 86.0 Å². The molecule has 30 heavy (non-hydrogen) atoms. The summed E-state index contributed by atoms with van der Waals surface area (Å²) in [7, 11) is 0. The third-order valence-electron chi connectivity index (χ3n) is 5.57. The fraction of sp³-hybridized carbons (Fsp3) is 0. The van der Waals surface area contributed by atoms with Crippen LogP contribution in [-0.4, -0.2) is 5.01 Å². The average molecular weight is 386 g/mol. The molecule has 144 valence electrons. The zero-order valence-corrected chi connectivity index (χ0v) is 16.7. The van der Waals surface area contributed by atoms with Gasteiger partial charge in [-0.25, -0.2) is 0 Å². The van der Waals surface area contributed by atoms with Crippen molar-refractivity contribution in [3.05, 3.63) is 127 Å². The second-order valence-electron chi connectivity index (χ2n) is 7.29. The molecule has 0 aromatic heterocycles. The van der Waals surface area contributed by atoms with Gasteiger partial charge in [0.15, 0.2) is 0 Å². The molecule has 3 aromatic carbocycles. The first-order chi connectivity index (χ1) is 14.8. The van der Waals surface area contributed by atoms with E-state index < -0.39 is 0 Å². The van der Waals surface area contributed by atoms with E-state index >= 15 is 0 Å². The molecule has 0 saturated heterocycles. The van der Waals surface area contributed by atoms with Gasteiger partial charge in [0.1, 0.15) is 0 Å². The Morgan fingerprint density at radius 3 is 2.00 bits per heavy atom. The molecule has 0 radical (unpaired) electrons. The van der Waals surface area contributed by atoms with Crippen LogP contribution < -0.4 is 5.01 Å². The van der Waals surface area contributed by atoms with Gasteiger partial charge < -0.3 is 0 Å². The van der Waals surface area contributed by atoms with E-state index in [9.17, 15) is 0 Å². The van der Waals surface area contributed by atoms with Crippen LogP contribution in [0.3, 0.4) is 0 Å². The van der Waals surface area contributed by atoms with Gasteiger partial charge in [-0.2, -0.15) is 0 Å². The highest BCUT2D eigenvalue weighted by atomic mass is 15.6. The Balaban J connectivity index is 1.54. The molecular weight excluding hydrogens is 364 g/mol. The highest BCUT2D eigenvalue weighted by molar-refractivity contribution is 5.87. The normalized spacial score (nSPS) is 14.1. The first kappa shape index (κ1) is 18.0. The lowest BCUT2D eigenvalue weighted by Gasteiger charge is -2.40. The molecule has 0 spiro atoms. The second-order valence-corrected chi connectivity index (χ2v) is 7.29. The standard InChI is InChI=1S/C28H22N2/c1-3-21-10-14-23(15-11-21)25-7-5-8-28-26(25)18-20-30-27(9-6-19-29(28)30)24-16-12-22(4-2)13-17-24/h3-20H,1-2H2. The summed E-state index contributed by atoms with van der Waals surface area (Å²) in [5.41, 5.74) is 9.34. The van der Waals surface area contributed by atoms with Gasteiger partial charge in [-0.3, -0.25) is 10.0 Å². The Kier molecular flexibility index (Phi) is 4.45. The van der Waals surface area contributed by atoms with E-state index in [0.717, 1.165) is 22.5 Å². The molecule has 3 aromatic rings. The molecule has 2 aliphatic heterocycles. The van der Waals surface area contributed by atoms with Crippen LogP contribution >= 0.6 is 0 Å². The summed E-state index contributed by atoms with van der Waals surface area (Å²) in [6, 6.07) is 23.5. The maximum atomic E-state index is 3.85. The van der Waals surface area contributed by atoms with Crippen LogP contribution in [0.25, 0.3) is 35.1 Å². The first-order valence-electron chi connectivity index (χ1n) is 10.0. The summed E-state index contributed by atoms with van der Waals surface area (Å²) in [6.07, 6.45) is 14.4. The number of hydrogen-bond acceptors (Lipinski definition) is 2. The molecule has 2 aliphatic rings. The Morgan fingerprint density at radius 2 is 1.33 bits per heavy atom. The summed E-state index contributed by atoms with van der Waals surface area (Å²) in [6.45, 7) is 7.70. The lowest BCUT2D eigenvalue weighted by atomic mass is 9.96. The fourth-order valence-electron chi connectivity index (χ4n) is 3.97. The Morgan fingerprint density at radius 1 is 0.667 bits per heavy atom. The van der Waals surface area contributed by atoms with Crippen LogP contribution in [0.5, 0.6) is 0 Å². The zero-order chi connectivity index (χ0) is 20.5. The lowest BCUT2D eigenvalue weighted by molar-refractivity contribution is 0.530. The molecule has 5 rings (SSSR count). The van der Waals surface area contributed by atoms with E-state index in [4.69, 9.17) is 0 Å². The summed E-state index contributed by atoms with van der Waals surface area (Å²) in [5, 5.41) is 4.39. The van der Waals surface area contributed by atoms with Crippen molar-refractivity contribution in [1.29, 1.82) is 0 Å². The monoisotopic (exact) mass is 386 g/mol. The molecule has 2 nitrogen and oxygen atoms in total. The van der Waals surface area contributed by atoms with Crippen molar-refractivity contribution in [3.63, 3.8) is 0 Å². The minimum Gasteiger partial charge on any atom is -0.256 e. The van der Waals surface area contributed by atoms with Crippen LogP contribution in [-0.2, 0) is 0 Å². The Bertz CT molecular complexity index is 1210. The minimum atomic E-state index is 1.12. The highest BCUT2D eigenvalue weighted by Crippen LogP contribution is 2.40. The van der Waals surface area contributed by atoms with Crippen molar-refractivity contribution in [1.82, 2.24) is 5.01 Å². The van der Waals surface area contributed by atoms with Gasteiger partial charge in [0.2, 0.25) is 0 Å². The highest BCUT2D eigenvalue weighted by Gasteiger charge is 2.25. The number of nitrogens with zero attached hydrogens (tertiary/aromatic N) is 2. The Hall–Kier alpha value is -4.04. The number of hydrogen-bond donors (Lipinski definition) is 0. The summed E-state index contributed by atoms with van der Waals surface area (Å²) < 4.78 is 0. The SMILES string of the molecule is C=Cc1ccc(C2=CC=CN3c4cccc(-c5ccc(C=C)cc5)c4C=CN23)cc1. The molecule has 2 heterocycles. The van der Waals surface area contributed by atoms with E-state index in [1.807, 2.05) is 12.2 Å². The number of rotatable bonds is 4. The number of allylic oxidation sites excluding steroid dienone is 2. The van der Waals surface area contributed by atoms with Crippen LogP contribution in [0.15, 0.2) is 104 Å². The molecule has 0 fully saturated rings. The topological polar surface area (TPSA) is 6.48 Å². The molecule has 0 bridgehead atoms. The van der Waals surface area contributed by atoms with E-state index in [1.165, 1.54) is 22.3 Å². The largest absolute Gasteiger partial charge is 0.256 e. The maximum Gasteiger partial charge on any atom is 0.0708 e. The summed E-state index contributed by atoms with van der Waals surface area (Å²) in [5.74, 6) is 0. The number of anilines is 1. The minimum absolute atomic E-state index is 1.12. The molecule has 0 amide bonds. The van der Waals surface area contributed by atoms with Gasteiger partial charge in [-0.15, -0.1) is 0 Å². The molecule has 2 heteroatoms. The van der Waals surface area contributed by atoms with Gasteiger partial charge in [0.25, 0.3) is 0 Å². The molecule has 0 N–H and O–H groups in total. The quantitative estimate of drug-likeness (QED) is 0.467. The van der Waals surface area contributed by atoms with Gasteiger partial charge in [-0.05, 0) is 46.5 Å². The smallest absolute Gasteiger partial charge is 0.0708 e. The van der Waals surface area contributed by atoms with E-state index in [-0.39, 0.29) is 0 Å². The summed E-state index contributed by atoms with van der Waals surface area (Å²) >= 11 is 0. The number of fused-ring (bicyclic) bond motifs is 3. The lowest BCUT2D eigenvalue weighted by Crippen LogP contribution is -2.37. The number of hydrazine groups is 1. The van der Waals surface area contributed by atoms with Gasteiger partial charge >= 0.3 is 0 Å². The van der Waals surface area contributed by atoms with E-state index in [0.29, 0.717) is 0 Å². The zero-order valence-electron chi connectivity index (χ0n) is 16.7. The van der Waals surface area contributed by atoms with Crippen molar-refractivity contribution in [2.24, 2.45) is 0 Å². The molecular formula is C28H22N2. The predicted molar refractivity (Wildman–Crippen MR) is 129 cm³/mol. The van der Waals surface area contributed by atoms with Crippen molar-refractivity contribution in [2.75, 3.05) is 5.01 Å². The van der Waals surface area contributed by atoms with E-state index in [2.05, 4.69) is 121 Å². The first-order valence-corrected chi connectivity index (χ1v) is 10.0. The Labute approximate surface area is 177 Å². The van der Waals surface area contributed by atoms with Crippen molar-refractivity contribution in [2.45, 2.75) is 0 Å². The van der Waals surface area contributed by atoms with Crippen molar-refractivity contribution in [3.8, 4) is 11.1 Å². The molecule has 0 saturated carbocycles. The van der Waals surface area contributed by atoms with E-state index in [1.54, 1.807) is 0 Å². The maximum absolute atomic E-state index is 3.85. The fourth-order valence-corrected chi connectivity index (χ4v) is 3.97. The van der Waals surface area contributed by atoms with Gasteiger partial charge in [0.05, 0.1) is 11.4 Å².